The van der Waals surface area contributed by atoms with E-state index in [1.54, 1.807) is 12.1 Å². The molecule has 1 rings (SSSR count). The van der Waals surface area contributed by atoms with Crippen LogP contribution in [-0.2, 0) is 11.8 Å². The van der Waals surface area contributed by atoms with Gasteiger partial charge in [0.2, 0.25) is 0 Å². The van der Waals surface area contributed by atoms with Gasteiger partial charge in [-0.05, 0) is 17.7 Å². The molecule has 0 aliphatic heterocycles. The number of nitriles is 1. The maximum absolute atomic E-state index is 13.4. The highest BCUT2D eigenvalue weighted by Crippen LogP contribution is 2.22. The number of alkyl halides is 1. The first-order valence-electron chi connectivity index (χ1n) is 3.58. The molecule has 0 aromatic heterocycles. The molecule has 1 aromatic rings. The molecule has 1 nitrogen and oxygen atoms in total. The molecule has 0 bridgehead atoms. The highest BCUT2D eigenvalue weighted by Gasteiger charge is 2.08. The van der Waals surface area contributed by atoms with Gasteiger partial charge in [0.25, 0.3) is 0 Å². The van der Waals surface area contributed by atoms with E-state index in [2.05, 4.69) is 31.9 Å². The Labute approximate surface area is 92.8 Å². The minimum absolute atomic E-state index is 0.102. The Balaban J connectivity index is 3.20. The molecule has 0 saturated carbocycles. The van der Waals surface area contributed by atoms with Gasteiger partial charge in [0.1, 0.15) is 5.82 Å². The summed E-state index contributed by atoms with van der Waals surface area (Å²) in [5, 5.41) is 8.91. The molecule has 0 atom stereocenters. The molecule has 0 fully saturated rings. The Kier molecular flexibility index (Phi) is 3.89. The fraction of sp³-hybridized carbons (Fsp3) is 0.222. The molecule has 0 N–H and O–H groups in total. The van der Waals surface area contributed by atoms with Crippen LogP contribution in [0.5, 0.6) is 0 Å². The summed E-state index contributed by atoms with van der Waals surface area (Å²) in [7, 11) is 0. The predicted octanol–water partition coefficient (Wildman–Crippen LogP) is 3.55. The lowest BCUT2D eigenvalue weighted by Gasteiger charge is -2.04. The third kappa shape index (κ3) is 2.52. The van der Waals surface area contributed by atoms with Crippen molar-refractivity contribution in [2.24, 2.45) is 0 Å². The normalized spacial score (nSPS) is 9.69. The van der Waals surface area contributed by atoms with Gasteiger partial charge in [-0.25, -0.2) is 4.39 Å². The SMILES string of the molecule is N#CCc1cc(Br)cc(CBr)c1F. The number of hydrogen-bond donors (Lipinski definition) is 0. The van der Waals surface area contributed by atoms with E-state index in [-0.39, 0.29) is 12.2 Å². The second-order valence-electron chi connectivity index (χ2n) is 2.51. The Morgan fingerprint density at radius 3 is 2.54 bits per heavy atom. The van der Waals surface area contributed by atoms with Crippen molar-refractivity contribution in [3.63, 3.8) is 0 Å². The van der Waals surface area contributed by atoms with Crippen LogP contribution in [0.1, 0.15) is 11.1 Å². The van der Waals surface area contributed by atoms with Crippen molar-refractivity contribution in [2.75, 3.05) is 0 Å². The molecule has 0 unspecified atom stereocenters. The molecular formula is C9H6Br2FN. The lowest BCUT2D eigenvalue weighted by molar-refractivity contribution is 0.605. The van der Waals surface area contributed by atoms with Gasteiger partial charge >= 0.3 is 0 Å². The summed E-state index contributed by atoms with van der Waals surface area (Å²) in [4.78, 5) is 0. The number of nitrogens with zero attached hydrogens (tertiary/aromatic N) is 1. The molecule has 0 saturated heterocycles. The number of halogens is 3. The molecule has 0 radical (unpaired) electrons. The van der Waals surface area contributed by atoms with E-state index in [1.807, 2.05) is 6.07 Å². The van der Waals surface area contributed by atoms with Crippen LogP contribution in [0.4, 0.5) is 4.39 Å². The third-order valence-corrected chi connectivity index (χ3v) is 2.66. The fourth-order valence-corrected chi connectivity index (χ4v) is 1.98. The molecule has 4 heteroatoms. The number of benzene rings is 1. The van der Waals surface area contributed by atoms with Gasteiger partial charge in [-0.1, -0.05) is 31.9 Å². The van der Waals surface area contributed by atoms with Gasteiger partial charge in [0.05, 0.1) is 12.5 Å². The quantitative estimate of drug-likeness (QED) is 0.767. The van der Waals surface area contributed by atoms with Crippen LogP contribution in [0.2, 0.25) is 0 Å². The molecule has 1 aromatic carbocycles. The second-order valence-corrected chi connectivity index (χ2v) is 3.98. The van der Waals surface area contributed by atoms with Gasteiger partial charge in [-0.3, -0.25) is 0 Å². The summed E-state index contributed by atoms with van der Waals surface area (Å²) in [5.41, 5.74) is 1.01. The topological polar surface area (TPSA) is 23.8 Å². The van der Waals surface area contributed by atoms with E-state index in [9.17, 15) is 4.39 Å². The van der Waals surface area contributed by atoms with Gasteiger partial charge in [0, 0.05) is 15.4 Å². The van der Waals surface area contributed by atoms with E-state index in [0.29, 0.717) is 16.5 Å². The summed E-state index contributed by atoms with van der Waals surface area (Å²) >= 11 is 6.45. The van der Waals surface area contributed by atoms with Gasteiger partial charge in [0.15, 0.2) is 0 Å². The minimum Gasteiger partial charge on any atom is -0.206 e. The molecule has 0 spiro atoms. The van der Waals surface area contributed by atoms with Crippen molar-refractivity contribution in [3.8, 4) is 6.07 Å². The Morgan fingerprint density at radius 2 is 2.00 bits per heavy atom. The van der Waals surface area contributed by atoms with E-state index >= 15 is 0 Å². The largest absolute Gasteiger partial charge is 0.206 e. The van der Waals surface area contributed by atoms with Crippen molar-refractivity contribution in [1.82, 2.24) is 0 Å². The van der Waals surface area contributed by atoms with Crippen LogP contribution in [0, 0.1) is 17.1 Å². The third-order valence-electron chi connectivity index (χ3n) is 1.60. The van der Waals surface area contributed by atoms with Crippen LogP contribution < -0.4 is 0 Å². The van der Waals surface area contributed by atoms with E-state index in [0.717, 1.165) is 4.47 Å². The zero-order valence-electron chi connectivity index (χ0n) is 6.65. The smallest absolute Gasteiger partial charge is 0.131 e. The zero-order chi connectivity index (χ0) is 9.84. The first kappa shape index (κ1) is 10.7. The molecule has 13 heavy (non-hydrogen) atoms. The fourth-order valence-electron chi connectivity index (χ4n) is 1.02. The van der Waals surface area contributed by atoms with Crippen molar-refractivity contribution < 1.29 is 4.39 Å². The monoisotopic (exact) mass is 305 g/mol. The van der Waals surface area contributed by atoms with E-state index in [1.165, 1.54) is 0 Å². The van der Waals surface area contributed by atoms with Gasteiger partial charge < -0.3 is 0 Å². The molecule has 0 amide bonds. The average Bonchev–Trinajstić information content (AvgIpc) is 2.11. The lowest BCUT2D eigenvalue weighted by atomic mass is 10.1. The molecular weight excluding hydrogens is 301 g/mol. The standard InChI is InChI=1S/C9H6Br2FN/c10-5-7-4-8(11)3-6(1-2-13)9(7)12/h3-4H,1,5H2. The van der Waals surface area contributed by atoms with Gasteiger partial charge in [-0.15, -0.1) is 0 Å². The molecule has 68 valence electrons. The highest BCUT2D eigenvalue weighted by atomic mass is 79.9. The zero-order valence-corrected chi connectivity index (χ0v) is 9.82. The number of rotatable bonds is 2. The minimum atomic E-state index is -0.290. The Bertz CT molecular complexity index is 357. The highest BCUT2D eigenvalue weighted by molar-refractivity contribution is 9.10. The molecule has 0 heterocycles. The molecule has 0 aliphatic rings. The Morgan fingerprint density at radius 1 is 1.38 bits per heavy atom. The van der Waals surface area contributed by atoms with Crippen LogP contribution in [0.3, 0.4) is 0 Å². The maximum Gasteiger partial charge on any atom is 0.131 e. The van der Waals surface area contributed by atoms with Gasteiger partial charge in [-0.2, -0.15) is 5.26 Å². The van der Waals surface area contributed by atoms with Crippen LogP contribution in [-0.4, -0.2) is 0 Å². The summed E-state index contributed by atoms with van der Waals surface area (Å²) in [6, 6.07) is 5.26. The van der Waals surface area contributed by atoms with Crippen molar-refractivity contribution in [1.29, 1.82) is 5.26 Å². The van der Waals surface area contributed by atoms with Crippen molar-refractivity contribution in [2.45, 2.75) is 11.8 Å². The average molecular weight is 307 g/mol. The van der Waals surface area contributed by atoms with Crippen molar-refractivity contribution in [3.05, 3.63) is 33.5 Å². The van der Waals surface area contributed by atoms with Crippen molar-refractivity contribution >= 4 is 31.9 Å². The summed E-state index contributed by atoms with van der Waals surface area (Å²) < 4.78 is 14.2. The van der Waals surface area contributed by atoms with E-state index < -0.39 is 0 Å². The molecule has 0 aliphatic carbocycles. The number of hydrogen-bond acceptors (Lipinski definition) is 1. The van der Waals surface area contributed by atoms with Crippen LogP contribution in [0.25, 0.3) is 0 Å². The summed E-state index contributed by atoms with van der Waals surface area (Å²) in [6.07, 6.45) is 0.102. The maximum atomic E-state index is 13.4. The Hall–Kier alpha value is -0.400. The summed E-state index contributed by atoms with van der Waals surface area (Å²) in [6.45, 7) is 0. The van der Waals surface area contributed by atoms with Crippen LogP contribution in [0.15, 0.2) is 16.6 Å². The van der Waals surface area contributed by atoms with Crippen LogP contribution >= 0.6 is 31.9 Å². The lowest BCUT2D eigenvalue weighted by Crippen LogP contribution is -1.94. The second kappa shape index (κ2) is 4.73. The van der Waals surface area contributed by atoms with E-state index in [4.69, 9.17) is 5.26 Å². The first-order valence-corrected chi connectivity index (χ1v) is 5.50. The first-order chi connectivity index (χ1) is 6.19. The predicted molar refractivity (Wildman–Crippen MR) is 56.0 cm³/mol. The summed E-state index contributed by atoms with van der Waals surface area (Å²) in [5.74, 6) is -0.290.